The number of phosphoric ester groups is 1. The topological polar surface area (TPSA) is 185 Å². The maximum atomic E-state index is 11.3. The van der Waals surface area contributed by atoms with Crippen LogP contribution in [0.4, 0.5) is 0 Å². The zero-order chi connectivity index (χ0) is 23.2. The summed E-state index contributed by atoms with van der Waals surface area (Å²) in [7, 11) is -5.01. The number of rotatable bonds is 14. The quantitative estimate of drug-likeness (QED) is 0.0858. The molecule has 0 fully saturated rings. The summed E-state index contributed by atoms with van der Waals surface area (Å²) in [6, 6.07) is 0. The van der Waals surface area contributed by atoms with E-state index < -0.39 is 37.7 Å². The Kier molecular flexibility index (Phi) is 13.3. The Bertz CT molecular complexity index is 702. The Morgan fingerprint density at radius 1 is 1.07 bits per heavy atom. The number of aliphatic hydroxyl groups excluding tert-OH is 3. The Balaban J connectivity index is 5.19. The first-order valence-electron chi connectivity index (χ1n) is 8.89. The maximum absolute atomic E-state index is 11.3. The first-order chi connectivity index (χ1) is 13.9. The van der Waals surface area contributed by atoms with Crippen LogP contribution < -0.4 is 0 Å². The lowest BCUT2D eigenvalue weighted by atomic mass is 9.93. The highest BCUT2D eigenvalue weighted by Gasteiger charge is 2.36. The minimum Gasteiger partial charge on any atom is -0.478 e. The number of carboxylic acid groups (broad SMARTS) is 1. The lowest BCUT2D eigenvalue weighted by Crippen LogP contribution is -2.41. The summed E-state index contributed by atoms with van der Waals surface area (Å²) in [6.45, 7) is 1.06. The molecule has 30 heavy (non-hydrogen) atoms. The van der Waals surface area contributed by atoms with Crippen molar-refractivity contribution < 1.29 is 49.2 Å². The molecule has 0 rings (SSSR count). The van der Waals surface area contributed by atoms with Gasteiger partial charge in [-0.2, -0.15) is 0 Å². The number of carboxylic acids is 1. The molecule has 0 saturated carbocycles. The van der Waals surface area contributed by atoms with Gasteiger partial charge in [0.15, 0.2) is 0 Å². The van der Waals surface area contributed by atoms with Crippen LogP contribution in [0.25, 0.3) is 0 Å². The minimum absolute atomic E-state index is 0.0642. The molecule has 4 atom stereocenters. The van der Waals surface area contributed by atoms with Gasteiger partial charge in [-0.15, -0.1) is 0 Å². The van der Waals surface area contributed by atoms with E-state index in [1.165, 1.54) is 31.2 Å². The van der Waals surface area contributed by atoms with Crippen molar-refractivity contribution in [3.63, 3.8) is 0 Å². The van der Waals surface area contributed by atoms with Gasteiger partial charge in [0.05, 0.1) is 18.8 Å². The third kappa shape index (κ3) is 15.0. The standard InChI is InChI=1S/C19H29O10P/c1-19(25,12-11-15(21)9-7-10-18(23)24)17(29-30(26,27)28)14-16(22)8-5-3-2-4-6-13-20/h2-8,10-12,15-17,20-22,25H,9,13-14H2,1H3,(H,23,24)(H2,26,27,28)/b3-2+,6-4+,8-5+,10-7+,12-11+. The van der Waals surface area contributed by atoms with E-state index in [0.29, 0.717) is 0 Å². The average Bonchev–Trinajstić information content (AvgIpc) is 2.61. The van der Waals surface area contributed by atoms with Gasteiger partial charge >= 0.3 is 13.8 Å². The largest absolute Gasteiger partial charge is 0.478 e. The zero-order valence-electron chi connectivity index (χ0n) is 16.4. The second-order valence-corrected chi connectivity index (χ2v) is 7.59. The summed E-state index contributed by atoms with van der Waals surface area (Å²) in [5.41, 5.74) is -1.98. The fourth-order valence-electron chi connectivity index (χ4n) is 2.11. The predicted molar refractivity (Wildman–Crippen MR) is 109 cm³/mol. The van der Waals surface area contributed by atoms with Crippen molar-refractivity contribution in [2.75, 3.05) is 6.61 Å². The SMILES string of the molecule is CC(O)(/C=C/C(O)C/C=C/C(=O)O)C(CC(O)/C=C/C=C/C=C/CO)OP(=O)(O)O. The van der Waals surface area contributed by atoms with Crippen LogP contribution in [0, 0.1) is 0 Å². The average molecular weight is 448 g/mol. The molecule has 0 spiro atoms. The van der Waals surface area contributed by atoms with Crippen LogP contribution >= 0.6 is 7.82 Å². The lowest BCUT2D eigenvalue weighted by molar-refractivity contribution is -0.131. The first-order valence-corrected chi connectivity index (χ1v) is 10.4. The minimum atomic E-state index is -5.01. The molecule has 0 heterocycles. The second-order valence-electron chi connectivity index (χ2n) is 6.40. The van der Waals surface area contributed by atoms with Gasteiger partial charge in [0.2, 0.25) is 0 Å². The molecular formula is C19H29O10P. The van der Waals surface area contributed by atoms with Gasteiger partial charge in [-0.05, 0) is 13.3 Å². The first kappa shape index (κ1) is 28.1. The number of allylic oxidation sites excluding steroid dienone is 4. The summed E-state index contributed by atoms with van der Waals surface area (Å²) in [6.07, 6.45) is 8.82. The van der Waals surface area contributed by atoms with Crippen molar-refractivity contribution in [3.05, 3.63) is 60.8 Å². The van der Waals surface area contributed by atoms with Crippen LogP contribution in [0.15, 0.2) is 60.8 Å². The lowest BCUT2D eigenvalue weighted by Gasteiger charge is -2.31. The molecule has 0 bridgehead atoms. The molecule has 11 heteroatoms. The second kappa shape index (κ2) is 14.2. The van der Waals surface area contributed by atoms with E-state index in [2.05, 4.69) is 4.52 Å². The Morgan fingerprint density at radius 3 is 2.27 bits per heavy atom. The highest BCUT2D eigenvalue weighted by molar-refractivity contribution is 7.46. The summed E-state index contributed by atoms with van der Waals surface area (Å²) in [5.74, 6) is -1.19. The predicted octanol–water partition coefficient (Wildman–Crippen LogP) is 0.575. The third-order valence-corrected chi connectivity index (χ3v) is 4.10. The Morgan fingerprint density at radius 2 is 1.70 bits per heavy atom. The number of hydrogen-bond acceptors (Lipinski definition) is 7. The van der Waals surface area contributed by atoms with Gasteiger partial charge in [0, 0.05) is 12.5 Å². The van der Waals surface area contributed by atoms with E-state index in [-0.39, 0.29) is 19.4 Å². The maximum Gasteiger partial charge on any atom is 0.469 e. The third-order valence-electron chi connectivity index (χ3n) is 3.57. The van der Waals surface area contributed by atoms with Crippen molar-refractivity contribution in [2.24, 2.45) is 0 Å². The fraction of sp³-hybridized carbons (Fsp3) is 0.421. The van der Waals surface area contributed by atoms with Gasteiger partial charge in [-0.3, -0.25) is 4.52 Å². The molecule has 0 aliphatic rings. The number of carbonyl (C=O) groups is 1. The highest BCUT2D eigenvalue weighted by atomic mass is 31.2. The molecule has 4 unspecified atom stereocenters. The van der Waals surface area contributed by atoms with Crippen LogP contribution in [0.2, 0.25) is 0 Å². The van der Waals surface area contributed by atoms with Crippen molar-refractivity contribution in [1.29, 1.82) is 0 Å². The van der Waals surface area contributed by atoms with Crippen LogP contribution in [0.5, 0.6) is 0 Å². The van der Waals surface area contributed by atoms with Crippen molar-refractivity contribution in [1.82, 2.24) is 0 Å². The van der Waals surface area contributed by atoms with Crippen molar-refractivity contribution in [2.45, 2.75) is 43.7 Å². The number of hydrogen-bond donors (Lipinski definition) is 7. The zero-order valence-corrected chi connectivity index (χ0v) is 17.3. The molecule has 7 N–H and O–H groups in total. The molecule has 170 valence electrons. The summed E-state index contributed by atoms with van der Waals surface area (Å²) >= 11 is 0. The van der Waals surface area contributed by atoms with E-state index in [0.717, 1.165) is 18.2 Å². The van der Waals surface area contributed by atoms with Crippen LogP contribution in [0.3, 0.4) is 0 Å². The van der Waals surface area contributed by atoms with Gasteiger partial charge in [-0.1, -0.05) is 54.7 Å². The molecule has 0 aromatic heterocycles. The number of phosphoric acid groups is 1. The van der Waals surface area contributed by atoms with Crippen LogP contribution in [0.1, 0.15) is 19.8 Å². The van der Waals surface area contributed by atoms with Gasteiger partial charge in [0.1, 0.15) is 11.7 Å². The number of aliphatic hydroxyl groups is 4. The molecule has 0 aromatic carbocycles. The van der Waals surface area contributed by atoms with Crippen LogP contribution in [-0.4, -0.2) is 71.8 Å². The van der Waals surface area contributed by atoms with Gasteiger partial charge in [0.25, 0.3) is 0 Å². The Labute approximate surface area is 174 Å². The van der Waals surface area contributed by atoms with Crippen molar-refractivity contribution in [3.8, 4) is 0 Å². The summed E-state index contributed by atoms with van der Waals surface area (Å²) in [4.78, 5) is 28.6. The van der Waals surface area contributed by atoms with E-state index in [9.17, 15) is 24.7 Å². The molecule has 0 radical (unpaired) electrons. The van der Waals surface area contributed by atoms with Crippen LogP contribution in [-0.2, 0) is 13.9 Å². The van der Waals surface area contributed by atoms with E-state index in [4.69, 9.17) is 20.0 Å². The molecule has 0 aliphatic carbocycles. The van der Waals surface area contributed by atoms with E-state index >= 15 is 0 Å². The normalized spacial score (nSPS) is 18.6. The monoisotopic (exact) mass is 448 g/mol. The fourth-order valence-corrected chi connectivity index (χ4v) is 2.74. The highest BCUT2D eigenvalue weighted by Crippen LogP contribution is 2.41. The molecule has 0 saturated heterocycles. The smallest absolute Gasteiger partial charge is 0.469 e. The molecule has 10 nitrogen and oxygen atoms in total. The molecule has 0 aromatic rings. The molecule has 0 aliphatic heterocycles. The Hall–Kier alpha value is -1.88. The van der Waals surface area contributed by atoms with E-state index in [1.807, 2.05) is 0 Å². The number of aliphatic carboxylic acids is 1. The van der Waals surface area contributed by atoms with Gasteiger partial charge in [-0.25, -0.2) is 9.36 Å². The summed E-state index contributed by atoms with van der Waals surface area (Å²) in [5, 5.41) is 47.5. The van der Waals surface area contributed by atoms with Crippen molar-refractivity contribution >= 4 is 13.8 Å². The molecule has 0 amide bonds. The molecular weight excluding hydrogens is 419 g/mol. The van der Waals surface area contributed by atoms with E-state index in [1.54, 1.807) is 18.2 Å². The van der Waals surface area contributed by atoms with Gasteiger partial charge < -0.3 is 35.3 Å². The summed E-state index contributed by atoms with van der Waals surface area (Å²) < 4.78 is 15.9.